The molecule has 32 heavy (non-hydrogen) atoms. The van der Waals surface area contributed by atoms with Crippen LogP contribution in [0.1, 0.15) is 37.6 Å². The summed E-state index contributed by atoms with van der Waals surface area (Å²) in [5.74, 6) is -0.110. The third-order valence-corrected chi connectivity index (χ3v) is 5.94. The molecule has 3 heterocycles. The van der Waals surface area contributed by atoms with E-state index in [1.54, 1.807) is 30.3 Å². The monoisotopic (exact) mass is 440 g/mol. The molecule has 8 heteroatoms. The molecule has 1 N–H and O–H groups in total. The first kappa shape index (κ1) is 22.0. The van der Waals surface area contributed by atoms with Gasteiger partial charge in [0.15, 0.2) is 11.5 Å². The number of nitrogens with zero attached hydrogens (tertiary/aromatic N) is 2. The number of amides is 1. The van der Waals surface area contributed by atoms with Crippen molar-refractivity contribution in [3.8, 4) is 11.5 Å². The largest absolute Gasteiger partial charge is 0.507 e. The number of furan rings is 1. The quantitative estimate of drug-likeness (QED) is 0.383. The first-order valence-corrected chi connectivity index (χ1v) is 11.0. The Kier molecular flexibility index (Phi) is 6.50. The van der Waals surface area contributed by atoms with Gasteiger partial charge in [-0.15, -0.1) is 0 Å². The van der Waals surface area contributed by atoms with Crippen LogP contribution in [-0.2, 0) is 9.59 Å². The standard InChI is InChI=1S/C24H28N2O6/c1-3-25(4-2)10-6-11-26-21(18-7-5-12-30-18)20(23(28)24(26)29)22(27)16-8-9-17-19(15-16)32-14-13-31-17/h5,7-9,12,15,21,27H,3-4,6,10-11,13-14H2,1-2H3/b22-20-. The van der Waals surface area contributed by atoms with Crippen molar-refractivity contribution in [2.45, 2.75) is 26.3 Å². The van der Waals surface area contributed by atoms with Crippen LogP contribution in [0.25, 0.3) is 5.76 Å². The Hall–Kier alpha value is -3.26. The normalized spacial score (nSPS) is 19.7. The highest BCUT2D eigenvalue weighted by Gasteiger charge is 2.47. The Morgan fingerprint density at radius 1 is 1.12 bits per heavy atom. The van der Waals surface area contributed by atoms with E-state index < -0.39 is 17.7 Å². The van der Waals surface area contributed by atoms with E-state index in [-0.39, 0.29) is 11.3 Å². The van der Waals surface area contributed by atoms with E-state index in [0.717, 1.165) is 19.6 Å². The highest BCUT2D eigenvalue weighted by atomic mass is 16.6. The molecule has 8 nitrogen and oxygen atoms in total. The number of ether oxygens (including phenoxy) is 2. The van der Waals surface area contributed by atoms with Gasteiger partial charge < -0.3 is 28.8 Å². The zero-order valence-electron chi connectivity index (χ0n) is 18.4. The van der Waals surface area contributed by atoms with Gasteiger partial charge in [-0.3, -0.25) is 9.59 Å². The van der Waals surface area contributed by atoms with Gasteiger partial charge in [-0.1, -0.05) is 13.8 Å². The molecule has 1 atom stereocenters. The molecule has 0 radical (unpaired) electrons. The van der Waals surface area contributed by atoms with Crippen LogP contribution in [0.4, 0.5) is 0 Å². The van der Waals surface area contributed by atoms with Crippen molar-refractivity contribution >= 4 is 17.4 Å². The van der Waals surface area contributed by atoms with E-state index in [1.165, 1.54) is 11.2 Å². The fraction of sp³-hybridized carbons (Fsp3) is 0.417. The number of rotatable bonds is 8. The lowest BCUT2D eigenvalue weighted by Gasteiger charge is -2.25. The van der Waals surface area contributed by atoms with Crippen LogP contribution in [0, 0.1) is 0 Å². The molecule has 1 amide bonds. The van der Waals surface area contributed by atoms with E-state index in [1.807, 2.05) is 0 Å². The van der Waals surface area contributed by atoms with Crippen LogP contribution in [0.15, 0.2) is 46.6 Å². The van der Waals surface area contributed by atoms with Crippen LogP contribution in [0.2, 0.25) is 0 Å². The third kappa shape index (κ3) is 4.10. The van der Waals surface area contributed by atoms with Gasteiger partial charge in [0.25, 0.3) is 11.7 Å². The number of Topliss-reactive ketones (excluding diaryl/α,β-unsaturated/α-hetero) is 1. The number of carbonyl (C=O) groups is 2. The molecule has 0 saturated carbocycles. The summed E-state index contributed by atoms with van der Waals surface area (Å²) in [7, 11) is 0. The van der Waals surface area contributed by atoms with Crippen LogP contribution in [0.5, 0.6) is 11.5 Å². The topological polar surface area (TPSA) is 92.5 Å². The molecule has 0 bridgehead atoms. The van der Waals surface area contributed by atoms with Crippen LogP contribution in [-0.4, -0.2) is 66.0 Å². The molecule has 1 saturated heterocycles. The number of ketones is 1. The maximum Gasteiger partial charge on any atom is 0.295 e. The van der Waals surface area contributed by atoms with Gasteiger partial charge >= 0.3 is 0 Å². The average molecular weight is 440 g/mol. The summed E-state index contributed by atoms with van der Waals surface area (Å²) in [6.07, 6.45) is 2.20. The van der Waals surface area contributed by atoms with Gasteiger partial charge in [0.1, 0.15) is 30.8 Å². The lowest BCUT2D eigenvalue weighted by atomic mass is 9.99. The highest BCUT2D eigenvalue weighted by Crippen LogP contribution is 2.41. The number of aliphatic hydroxyl groups excluding tert-OH is 1. The summed E-state index contributed by atoms with van der Waals surface area (Å²) in [6.45, 7) is 8.06. The number of benzene rings is 1. The summed E-state index contributed by atoms with van der Waals surface area (Å²) in [4.78, 5) is 29.7. The Labute approximate surface area is 187 Å². The van der Waals surface area contributed by atoms with Crippen molar-refractivity contribution in [1.29, 1.82) is 0 Å². The lowest BCUT2D eigenvalue weighted by Crippen LogP contribution is -2.33. The smallest absolute Gasteiger partial charge is 0.295 e. The predicted molar refractivity (Wildman–Crippen MR) is 118 cm³/mol. The van der Waals surface area contributed by atoms with Gasteiger partial charge in [0.2, 0.25) is 0 Å². The molecular formula is C24H28N2O6. The highest BCUT2D eigenvalue weighted by molar-refractivity contribution is 6.46. The van der Waals surface area contributed by atoms with E-state index >= 15 is 0 Å². The van der Waals surface area contributed by atoms with Crippen molar-refractivity contribution in [3.63, 3.8) is 0 Å². The van der Waals surface area contributed by atoms with Crippen molar-refractivity contribution in [2.24, 2.45) is 0 Å². The zero-order chi connectivity index (χ0) is 22.7. The molecule has 1 aromatic heterocycles. The molecule has 2 aromatic rings. The van der Waals surface area contributed by atoms with E-state index in [2.05, 4.69) is 18.7 Å². The fourth-order valence-corrected chi connectivity index (χ4v) is 4.20. The number of carbonyl (C=O) groups excluding carboxylic acids is 2. The second-order valence-electron chi connectivity index (χ2n) is 7.75. The molecule has 0 spiro atoms. The number of hydrogen-bond donors (Lipinski definition) is 1. The minimum Gasteiger partial charge on any atom is -0.507 e. The molecule has 1 aromatic carbocycles. The molecule has 1 fully saturated rings. The fourth-order valence-electron chi connectivity index (χ4n) is 4.20. The molecule has 0 aliphatic carbocycles. The number of hydrogen-bond acceptors (Lipinski definition) is 7. The maximum atomic E-state index is 13.0. The van der Waals surface area contributed by atoms with Crippen LogP contribution in [0.3, 0.4) is 0 Å². The maximum absolute atomic E-state index is 13.0. The van der Waals surface area contributed by atoms with Gasteiger partial charge in [-0.05, 0) is 56.4 Å². The van der Waals surface area contributed by atoms with E-state index in [4.69, 9.17) is 13.9 Å². The number of fused-ring (bicyclic) bond motifs is 1. The summed E-state index contributed by atoms with van der Waals surface area (Å²) in [5, 5.41) is 11.1. The lowest BCUT2D eigenvalue weighted by molar-refractivity contribution is -0.140. The molecule has 170 valence electrons. The second kappa shape index (κ2) is 9.48. The zero-order valence-corrected chi connectivity index (χ0v) is 18.4. The predicted octanol–water partition coefficient (Wildman–Crippen LogP) is 3.20. The van der Waals surface area contributed by atoms with E-state index in [9.17, 15) is 14.7 Å². The van der Waals surface area contributed by atoms with Crippen LogP contribution < -0.4 is 9.47 Å². The summed E-state index contributed by atoms with van der Waals surface area (Å²) in [6, 6.07) is 7.59. The van der Waals surface area contributed by atoms with Gasteiger partial charge in [-0.25, -0.2) is 0 Å². The van der Waals surface area contributed by atoms with Crippen molar-refractivity contribution in [1.82, 2.24) is 9.80 Å². The molecule has 4 rings (SSSR count). The average Bonchev–Trinajstić information content (AvgIpc) is 3.43. The first-order valence-electron chi connectivity index (χ1n) is 11.0. The summed E-state index contributed by atoms with van der Waals surface area (Å²) >= 11 is 0. The minimum atomic E-state index is -0.782. The number of likely N-dealkylation sites (tertiary alicyclic amines) is 1. The molecule has 2 aliphatic heterocycles. The van der Waals surface area contributed by atoms with Crippen molar-refractivity contribution < 1.29 is 28.6 Å². The third-order valence-electron chi connectivity index (χ3n) is 5.94. The Morgan fingerprint density at radius 2 is 1.88 bits per heavy atom. The van der Waals surface area contributed by atoms with Crippen molar-refractivity contribution in [2.75, 3.05) is 39.4 Å². The van der Waals surface area contributed by atoms with E-state index in [0.29, 0.717) is 49.0 Å². The second-order valence-corrected chi connectivity index (χ2v) is 7.75. The number of aliphatic hydroxyl groups is 1. The van der Waals surface area contributed by atoms with Gasteiger partial charge in [0.05, 0.1) is 11.8 Å². The molecule has 2 aliphatic rings. The summed E-state index contributed by atoms with van der Waals surface area (Å²) < 4.78 is 16.7. The van der Waals surface area contributed by atoms with Crippen LogP contribution >= 0.6 is 0 Å². The summed E-state index contributed by atoms with van der Waals surface area (Å²) in [5.41, 5.74) is 0.399. The minimum absolute atomic E-state index is 0.0180. The first-order chi connectivity index (χ1) is 15.5. The van der Waals surface area contributed by atoms with Gasteiger partial charge in [0, 0.05) is 12.1 Å². The Morgan fingerprint density at radius 3 is 2.56 bits per heavy atom. The Balaban J connectivity index is 1.68. The molecule has 1 unspecified atom stereocenters. The SMILES string of the molecule is CCN(CC)CCCN1C(=O)C(=O)/C(=C(\O)c2ccc3c(c2)OCCO3)C1c1ccco1. The Bertz CT molecular complexity index is 1010. The van der Waals surface area contributed by atoms with Crippen molar-refractivity contribution in [3.05, 3.63) is 53.5 Å². The molecular weight excluding hydrogens is 412 g/mol. The van der Waals surface area contributed by atoms with Gasteiger partial charge in [-0.2, -0.15) is 0 Å².